The van der Waals surface area contributed by atoms with Gasteiger partial charge in [0, 0.05) is 38.8 Å². The van der Waals surface area contributed by atoms with E-state index < -0.39 is 0 Å². The molecule has 1 atom stereocenters. The number of nitrogens with one attached hydrogen (secondary N) is 1. The summed E-state index contributed by atoms with van der Waals surface area (Å²) in [4.78, 5) is 21.8. The van der Waals surface area contributed by atoms with Crippen LogP contribution in [0.2, 0.25) is 0 Å². The number of hydrogen-bond donors (Lipinski definition) is 1. The zero-order valence-corrected chi connectivity index (χ0v) is 13.4. The van der Waals surface area contributed by atoms with Crippen LogP contribution in [-0.2, 0) is 0 Å². The lowest BCUT2D eigenvalue weighted by atomic mass is 10.2. The lowest BCUT2D eigenvalue weighted by Crippen LogP contribution is -2.52. The second-order valence-electron chi connectivity index (χ2n) is 5.30. The molecule has 0 saturated carbocycles. The Bertz CT molecular complexity index is 440. The summed E-state index contributed by atoms with van der Waals surface area (Å²) < 4.78 is 0. The zero-order chi connectivity index (χ0) is 14.5. The van der Waals surface area contributed by atoms with E-state index >= 15 is 0 Å². The summed E-state index contributed by atoms with van der Waals surface area (Å²) in [6.45, 7) is 12.5. The van der Waals surface area contributed by atoms with Crippen LogP contribution in [0.1, 0.15) is 29.2 Å². The zero-order valence-electron chi connectivity index (χ0n) is 12.6. The first-order valence-electron chi connectivity index (χ1n) is 7.26. The number of piperazine rings is 1. The molecule has 2 heterocycles. The maximum absolute atomic E-state index is 12.0. The number of aryl methyl sites for hydroxylation is 1. The Morgan fingerprint density at radius 3 is 2.70 bits per heavy atom. The van der Waals surface area contributed by atoms with Crippen LogP contribution in [0, 0.1) is 6.92 Å². The number of thiazole rings is 1. The van der Waals surface area contributed by atoms with Crippen molar-refractivity contribution in [1.29, 1.82) is 0 Å². The quantitative estimate of drug-likeness (QED) is 0.887. The first-order valence-corrected chi connectivity index (χ1v) is 8.14. The number of carbonyl (C=O) groups excluding carboxylic acids is 1. The van der Waals surface area contributed by atoms with Crippen molar-refractivity contribution in [2.24, 2.45) is 0 Å². The van der Waals surface area contributed by atoms with E-state index in [1.54, 1.807) is 5.51 Å². The number of carbonyl (C=O) groups is 1. The van der Waals surface area contributed by atoms with E-state index in [0.717, 1.165) is 43.3 Å². The molecule has 112 valence electrons. The third-order valence-corrected chi connectivity index (χ3v) is 4.91. The molecule has 0 radical (unpaired) electrons. The molecular weight excluding hydrogens is 272 g/mol. The van der Waals surface area contributed by atoms with Crippen LogP contribution in [0.3, 0.4) is 0 Å². The molecule has 1 fully saturated rings. The van der Waals surface area contributed by atoms with Gasteiger partial charge in [-0.05, 0) is 20.4 Å². The van der Waals surface area contributed by atoms with Crippen molar-refractivity contribution in [3.63, 3.8) is 0 Å². The van der Waals surface area contributed by atoms with Gasteiger partial charge < -0.3 is 10.2 Å². The molecular formula is C14H24N4OS. The van der Waals surface area contributed by atoms with Crippen molar-refractivity contribution < 1.29 is 4.79 Å². The average Bonchev–Trinajstić information content (AvgIpc) is 2.90. The lowest BCUT2D eigenvalue weighted by molar-refractivity contribution is 0.0885. The summed E-state index contributed by atoms with van der Waals surface area (Å²) in [5, 5.41) is 3.02. The second kappa shape index (κ2) is 7.15. The third kappa shape index (κ3) is 3.77. The van der Waals surface area contributed by atoms with Gasteiger partial charge in [-0.3, -0.25) is 9.69 Å². The number of rotatable bonds is 5. The minimum Gasteiger partial charge on any atom is -0.350 e. The van der Waals surface area contributed by atoms with Crippen LogP contribution in [0.4, 0.5) is 0 Å². The molecule has 0 aliphatic carbocycles. The second-order valence-corrected chi connectivity index (χ2v) is 6.15. The molecule has 0 spiro atoms. The highest BCUT2D eigenvalue weighted by molar-refractivity contribution is 7.11. The number of amides is 1. The fourth-order valence-electron chi connectivity index (χ4n) is 2.49. The van der Waals surface area contributed by atoms with E-state index in [1.807, 2.05) is 6.92 Å². The first-order chi connectivity index (χ1) is 9.61. The lowest BCUT2D eigenvalue weighted by Gasteiger charge is -2.37. The fourth-order valence-corrected chi connectivity index (χ4v) is 3.21. The highest BCUT2D eigenvalue weighted by Crippen LogP contribution is 2.12. The first kappa shape index (κ1) is 15.4. The molecule has 2 rings (SSSR count). The molecule has 5 nitrogen and oxygen atoms in total. The van der Waals surface area contributed by atoms with Gasteiger partial charge in [0.25, 0.3) is 5.91 Å². The summed E-state index contributed by atoms with van der Waals surface area (Å²) in [6.07, 6.45) is 0. The Morgan fingerprint density at radius 1 is 1.45 bits per heavy atom. The van der Waals surface area contributed by atoms with Crippen molar-refractivity contribution in [1.82, 2.24) is 20.1 Å². The predicted octanol–water partition coefficient (Wildman–Crippen LogP) is 1.21. The van der Waals surface area contributed by atoms with Crippen molar-refractivity contribution in [2.45, 2.75) is 26.8 Å². The van der Waals surface area contributed by atoms with Crippen molar-refractivity contribution in [2.75, 3.05) is 39.3 Å². The Balaban J connectivity index is 1.77. The van der Waals surface area contributed by atoms with Crippen molar-refractivity contribution in [3.8, 4) is 0 Å². The molecule has 0 aromatic carbocycles. The molecule has 1 aliphatic rings. The minimum atomic E-state index is 0.00374. The molecule has 1 aromatic rings. The van der Waals surface area contributed by atoms with E-state index in [1.165, 1.54) is 11.3 Å². The summed E-state index contributed by atoms with van der Waals surface area (Å²) in [7, 11) is 0. The number of aromatic nitrogens is 1. The summed E-state index contributed by atoms with van der Waals surface area (Å²) >= 11 is 1.40. The highest BCUT2D eigenvalue weighted by Gasteiger charge is 2.21. The predicted molar refractivity (Wildman–Crippen MR) is 82.3 cm³/mol. The van der Waals surface area contributed by atoms with E-state index in [4.69, 9.17) is 0 Å². The van der Waals surface area contributed by atoms with E-state index in [9.17, 15) is 4.79 Å². The molecule has 1 amide bonds. The molecule has 1 aromatic heterocycles. The normalized spacial score (nSPS) is 18.9. The Labute approximate surface area is 125 Å². The van der Waals surface area contributed by atoms with Gasteiger partial charge in [-0.25, -0.2) is 4.98 Å². The van der Waals surface area contributed by atoms with Crippen LogP contribution in [0.5, 0.6) is 0 Å². The fraction of sp³-hybridized carbons (Fsp3) is 0.714. The number of nitrogens with zero attached hydrogens (tertiary/aromatic N) is 3. The number of likely N-dealkylation sites (N-methyl/N-ethyl adjacent to an activating group) is 1. The van der Waals surface area contributed by atoms with Gasteiger partial charge >= 0.3 is 0 Å². The van der Waals surface area contributed by atoms with Crippen LogP contribution in [-0.4, -0.2) is 66.0 Å². The van der Waals surface area contributed by atoms with Crippen LogP contribution in [0.15, 0.2) is 5.51 Å². The van der Waals surface area contributed by atoms with Gasteiger partial charge in [0.1, 0.15) is 4.88 Å². The maximum Gasteiger partial charge on any atom is 0.263 e. The van der Waals surface area contributed by atoms with E-state index in [-0.39, 0.29) is 5.91 Å². The van der Waals surface area contributed by atoms with Gasteiger partial charge in [-0.1, -0.05) is 6.92 Å². The van der Waals surface area contributed by atoms with Gasteiger partial charge in [-0.2, -0.15) is 0 Å². The smallest absolute Gasteiger partial charge is 0.263 e. The molecule has 1 saturated heterocycles. The van der Waals surface area contributed by atoms with Gasteiger partial charge in [0.15, 0.2) is 0 Å². The average molecular weight is 296 g/mol. The van der Waals surface area contributed by atoms with Crippen LogP contribution < -0.4 is 5.32 Å². The summed E-state index contributed by atoms with van der Waals surface area (Å²) in [6, 6.07) is 0.381. The molecule has 1 unspecified atom stereocenters. The van der Waals surface area contributed by atoms with E-state index in [0.29, 0.717) is 12.6 Å². The van der Waals surface area contributed by atoms with Gasteiger partial charge in [0.2, 0.25) is 0 Å². The SMILES string of the molecule is CCN1CCN(C(C)CNC(=O)c2scnc2C)CC1. The molecule has 1 aliphatic heterocycles. The molecule has 1 N–H and O–H groups in total. The highest BCUT2D eigenvalue weighted by atomic mass is 32.1. The monoisotopic (exact) mass is 296 g/mol. The van der Waals surface area contributed by atoms with Crippen LogP contribution in [0.25, 0.3) is 0 Å². The standard InChI is InChI=1S/C14H24N4OS/c1-4-17-5-7-18(8-6-17)11(2)9-15-14(19)13-12(3)16-10-20-13/h10-11H,4-9H2,1-3H3,(H,15,19). The molecule has 20 heavy (non-hydrogen) atoms. The maximum atomic E-state index is 12.0. The molecule has 6 heteroatoms. The number of hydrogen-bond acceptors (Lipinski definition) is 5. The van der Waals surface area contributed by atoms with Crippen LogP contribution >= 0.6 is 11.3 Å². The third-order valence-electron chi connectivity index (χ3n) is 3.99. The minimum absolute atomic E-state index is 0.00374. The molecule has 0 bridgehead atoms. The summed E-state index contributed by atoms with van der Waals surface area (Å²) in [5.41, 5.74) is 2.54. The van der Waals surface area contributed by atoms with Crippen molar-refractivity contribution >= 4 is 17.2 Å². The van der Waals surface area contributed by atoms with Crippen molar-refractivity contribution in [3.05, 3.63) is 16.1 Å². The van der Waals surface area contributed by atoms with Gasteiger partial charge in [-0.15, -0.1) is 11.3 Å². The Morgan fingerprint density at radius 2 is 2.15 bits per heavy atom. The topological polar surface area (TPSA) is 48.5 Å². The Hall–Kier alpha value is -0.980. The van der Waals surface area contributed by atoms with E-state index in [2.05, 4.69) is 33.9 Å². The summed E-state index contributed by atoms with van der Waals surface area (Å²) in [5.74, 6) is 0.00374. The largest absolute Gasteiger partial charge is 0.350 e. The Kier molecular flexibility index (Phi) is 5.51. The van der Waals surface area contributed by atoms with Gasteiger partial charge in [0.05, 0.1) is 11.2 Å².